The van der Waals surface area contributed by atoms with E-state index in [1.54, 1.807) is 24.1 Å². The first-order chi connectivity index (χ1) is 18.2. The van der Waals surface area contributed by atoms with Crippen LogP contribution in [-0.2, 0) is 16.1 Å². The monoisotopic (exact) mass is 516 g/mol. The Morgan fingerprint density at radius 2 is 1.87 bits per heavy atom. The maximum atomic E-state index is 13.8. The van der Waals surface area contributed by atoms with E-state index < -0.39 is 5.92 Å². The highest BCUT2D eigenvalue weighted by atomic mass is 19.1. The van der Waals surface area contributed by atoms with Gasteiger partial charge in [-0.15, -0.1) is 0 Å². The minimum atomic E-state index is -0.593. The number of carbonyl (C=O) groups is 1. The Kier molecular flexibility index (Phi) is 6.99. The summed E-state index contributed by atoms with van der Waals surface area (Å²) in [5.41, 5.74) is 10.5. The fraction of sp³-hybridized carbons (Fsp3) is 0.400. The first-order valence-electron chi connectivity index (χ1n) is 12.9. The summed E-state index contributed by atoms with van der Waals surface area (Å²) in [4.78, 5) is 17.9. The van der Waals surface area contributed by atoms with E-state index in [2.05, 4.69) is 24.8 Å². The van der Waals surface area contributed by atoms with Gasteiger partial charge in [0.05, 0.1) is 37.9 Å². The van der Waals surface area contributed by atoms with Crippen LogP contribution in [0, 0.1) is 22.6 Å². The highest BCUT2D eigenvalue weighted by Crippen LogP contribution is 2.50. The molecule has 1 atom stereocenters. The molecule has 7 nitrogen and oxygen atoms in total. The average Bonchev–Trinajstić information content (AvgIpc) is 2.89. The number of rotatable bonds is 5. The molecule has 8 heteroatoms. The lowest BCUT2D eigenvalue weighted by Gasteiger charge is -2.43. The summed E-state index contributed by atoms with van der Waals surface area (Å²) in [6.45, 7) is 7.79. The third-order valence-corrected chi connectivity index (χ3v) is 7.60. The largest absolute Gasteiger partial charge is 0.496 e. The number of ketones is 1. The number of nitrogens with two attached hydrogens (primary N) is 1. The molecule has 2 aromatic rings. The van der Waals surface area contributed by atoms with Gasteiger partial charge in [-0.05, 0) is 53.8 Å². The third kappa shape index (κ3) is 4.80. The number of morpholine rings is 1. The van der Waals surface area contributed by atoms with Gasteiger partial charge in [-0.2, -0.15) is 5.26 Å². The molecule has 1 unspecified atom stereocenters. The van der Waals surface area contributed by atoms with E-state index in [4.69, 9.17) is 15.2 Å². The summed E-state index contributed by atoms with van der Waals surface area (Å²) in [7, 11) is 1.64. The van der Waals surface area contributed by atoms with Gasteiger partial charge in [-0.25, -0.2) is 4.39 Å². The molecule has 38 heavy (non-hydrogen) atoms. The van der Waals surface area contributed by atoms with Gasteiger partial charge in [0.2, 0.25) is 0 Å². The molecule has 0 saturated carbocycles. The lowest BCUT2D eigenvalue weighted by Crippen LogP contribution is -2.42. The SMILES string of the molecule is COc1ccc(C2C(C#N)=C(N)N(c3ccc(F)cc3)C3=C2C(=O)CC(C)(C)C3)cc1CN1CCOCC1. The number of carbonyl (C=O) groups excluding carboxylic acids is 1. The Bertz CT molecular complexity index is 1350. The zero-order chi connectivity index (χ0) is 27.0. The normalized spacial score (nSPS) is 21.8. The van der Waals surface area contributed by atoms with Crippen molar-refractivity contribution >= 4 is 11.5 Å². The minimum Gasteiger partial charge on any atom is -0.496 e. The molecule has 198 valence electrons. The number of methoxy groups -OCH3 is 1. The summed E-state index contributed by atoms with van der Waals surface area (Å²) < 4.78 is 24.9. The average molecular weight is 517 g/mol. The number of allylic oxidation sites excluding steroid dienone is 3. The van der Waals surface area contributed by atoms with E-state index in [0.29, 0.717) is 49.4 Å². The summed E-state index contributed by atoms with van der Waals surface area (Å²) in [5.74, 6) is 0.0550. The van der Waals surface area contributed by atoms with E-state index in [1.807, 2.05) is 18.2 Å². The molecule has 3 aliphatic rings. The molecule has 1 aliphatic carbocycles. The fourth-order valence-electron chi connectivity index (χ4n) is 5.83. The van der Waals surface area contributed by atoms with E-state index in [0.717, 1.165) is 35.7 Å². The highest BCUT2D eigenvalue weighted by Gasteiger charge is 2.44. The van der Waals surface area contributed by atoms with Gasteiger partial charge in [-0.1, -0.05) is 19.9 Å². The molecule has 2 N–H and O–H groups in total. The summed E-state index contributed by atoms with van der Waals surface area (Å²) in [6.07, 6.45) is 0.965. The Morgan fingerprint density at radius 3 is 2.53 bits per heavy atom. The molecule has 0 aromatic heterocycles. The zero-order valence-electron chi connectivity index (χ0n) is 22.1. The van der Waals surface area contributed by atoms with Gasteiger partial charge in [0, 0.05) is 48.6 Å². The van der Waals surface area contributed by atoms with Gasteiger partial charge < -0.3 is 15.2 Å². The molecule has 2 heterocycles. The lowest BCUT2D eigenvalue weighted by atomic mass is 9.68. The van der Waals surface area contributed by atoms with Gasteiger partial charge in [0.1, 0.15) is 17.4 Å². The molecule has 2 aromatic carbocycles. The topological polar surface area (TPSA) is 91.8 Å². The predicted molar refractivity (Wildman–Crippen MR) is 143 cm³/mol. The molecule has 0 radical (unpaired) electrons. The van der Waals surface area contributed by atoms with Crippen molar-refractivity contribution in [3.63, 3.8) is 0 Å². The molecule has 2 aliphatic heterocycles. The van der Waals surface area contributed by atoms with E-state index in [1.165, 1.54) is 12.1 Å². The van der Waals surface area contributed by atoms with Crippen LogP contribution in [0.4, 0.5) is 10.1 Å². The maximum Gasteiger partial charge on any atom is 0.162 e. The van der Waals surface area contributed by atoms with E-state index in [9.17, 15) is 14.4 Å². The standard InChI is InChI=1S/C30H33FN4O3/c1-30(2)15-24-28(25(36)16-30)27(23(17-32)29(33)35(24)22-7-5-21(31)6-8-22)19-4-9-26(37-3)20(14-19)18-34-10-12-38-13-11-34/h4-9,14,27H,10-13,15-16,18,33H2,1-3H3. The lowest BCUT2D eigenvalue weighted by molar-refractivity contribution is -0.118. The van der Waals surface area contributed by atoms with Crippen molar-refractivity contribution in [3.8, 4) is 11.8 Å². The predicted octanol–water partition coefficient (Wildman–Crippen LogP) is 4.61. The van der Waals surface area contributed by atoms with Crippen LogP contribution in [0.15, 0.2) is 65.1 Å². The number of nitriles is 1. The van der Waals surface area contributed by atoms with E-state index >= 15 is 0 Å². The summed E-state index contributed by atoms with van der Waals surface area (Å²) in [5, 5.41) is 10.4. The zero-order valence-corrected chi connectivity index (χ0v) is 22.1. The summed E-state index contributed by atoms with van der Waals surface area (Å²) in [6, 6.07) is 14.1. The quantitative estimate of drug-likeness (QED) is 0.621. The Balaban J connectivity index is 1.66. The molecule has 5 rings (SSSR count). The summed E-state index contributed by atoms with van der Waals surface area (Å²) >= 11 is 0. The van der Waals surface area contributed by atoms with Gasteiger partial charge in [0.25, 0.3) is 0 Å². The molecule has 1 fully saturated rings. The van der Waals surface area contributed by atoms with Crippen molar-refractivity contribution in [1.29, 1.82) is 5.26 Å². The van der Waals surface area contributed by atoms with Crippen LogP contribution in [0.3, 0.4) is 0 Å². The maximum absolute atomic E-state index is 13.8. The first-order valence-corrected chi connectivity index (χ1v) is 12.9. The number of Topliss-reactive ketones (excluding diaryl/α,β-unsaturated/α-hetero) is 1. The first kappa shape index (κ1) is 26.0. The second-order valence-electron chi connectivity index (χ2n) is 10.9. The van der Waals surface area contributed by atoms with Gasteiger partial charge >= 0.3 is 0 Å². The van der Waals surface area contributed by atoms with Gasteiger partial charge in [0.15, 0.2) is 5.78 Å². The van der Waals surface area contributed by atoms with Crippen LogP contribution in [0.25, 0.3) is 0 Å². The van der Waals surface area contributed by atoms with Crippen LogP contribution < -0.4 is 15.4 Å². The Hall–Kier alpha value is -3.67. The van der Waals surface area contributed by atoms with Crippen molar-refractivity contribution in [1.82, 2.24) is 4.90 Å². The second-order valence-corrected chi connectivity index (χ2v) is 10.9. The van der Waals surface area contributed by atoms with Gasteiger partial charge in [-0.3, -0.25) is 14.6 Å². The number of ether oxygens (including phenoxy) is 2. The van der Waals surface area contributed by atoms with Crippen LogP contribution >= 0.6 is 0 Å². The van der Waals surface area contributed by atoms with Crippen LogP contribution in [-0.4, -0.2) is 44.1 Å². The van der Waals surface area contributed by atoms with Crippen LogP contribution in [0.2, 0.25) is 0 Å². The Morgan fingerprint density at radius 1 is 1.16 bits per heavy atom. The number of hydrogen-bond donors (Lipinski definition) is 1. The smallest absolute Gasteiger partial charge is 0.162 e. The molecule has 1 saturated heterocycles. The fourth-order valence-corrected chi connectivity index (χ4v) is 5.83. The van der Waals surface area contributed by atoms with Crippen molar-refractivity contribution in [2.45, 2.75) is 39.2 Å². The minimum absolute atomic E-state index is 0.000779. The van der Waals surface area contributed by atoms with Crippen LogP contribution in [0.1, 0.15) is 43.7 Å². The highest BCUT2D eigenvalue weighted by molar-refractivity contribution is 6.01. The number of halogens is 1. The van der Waals surface area contributed by atoms with Crippen molar-refractivity contribution in [3.05, 3.63) is 82.1 Å². The van der Waals surface area contributed by atoms with Crippen molar-refractivity contribution < 1.29 is 18.7 Å². The van der Waals surface area contributed by atoms with Crippen molar-refractivity contribution in [2.24, 2.45) is 11.1 Å². The second kappa shape index (κ2) is 10.2. The van der Waals surface area contributed by atoms with E-state index in [-0.39, 0.29) is 22.8 Å². The third-order valence-electron chi connectivity index (χ3n) is 7.60. The molecule has 0 bridgehead atoms. The van der Waals surface area contributed by atoms with Crippen LogP contribution in [0.5, 0.6) is 5.75 Å². The molecule has 0 spiro atoms. The number of hydrogen-bond acceptors (Lipinski definition) is 7. The Labute approximate surface area is 222 Å². The van der Waals surface area contributed by atoms with Crippen molar-refractivity contribution in [2.75, 3.05) is 38.3 Å². The number of anilines is 1. The molecular weight excluding hydrogens is 483 g/mol. The number of benzene rings is 2. The molecule has 0 amide bonds. The molecular formula is C30H33FN4O3. The number of nitrogens with zero attached hydrogens (tertiary/aromatic N) is 3.